The Bertz CT molecular complexity index is 1420. The molecule has 2 unspecified atom stereocenters. The standard InChI is InChI=1S/C32H40N6/c1-9-26(20(2)3)13-10-21(4)23(6)37-29-18-38(8)32-30(34-19-35-31(29)32)24(7)33-17-25-12-15-27-14-11-22(5)36-28(27)16-25/h9-10,12,15-16,18-19,23,26,33,36-37H,1-2,5,7,11,13-14,17H2,3-4,6,8H3/b21-10+. The summed E-state index contributed by atoms with van der Waals surface area (Å²) in [5.74, 6) is 0.292. The summed E-state index contributed by atoms with van der Waals surface area (Å²) in [6.07, 6.45) is 10.8. The second kappa shape index (κ2) is 11.5. The number of rotatable bonds is 11. The molecule has 3 aromatic rings. The molecule has 0 radical (unpaired) electrons. The van der Waals surface area contributed by atoms with Crippen molar-refractivity contribution in [1.82, 2.24) is 19.9 Å². The van der Waals surface area contributed by atoms with Gasteiger partial charge in [0, 0.05) is 43.1 Å². The lowest BCUT2D eigenvalue weighted by atomic mass is 9.96. The first kappa shape index (κ1) is 27.0. The maximum absolute atomic E-state index is 4.62. The summed E-state index contributed by atoms with van der Waals surface area (Å²) in [4.78, 5) is 9.21. The first-order chi connectivity index (χ1) is 18.2. The van der Waals surface area contributed by atoms with Crippen molar-refractivity contribution in [1.29, 1.82) is 0 Å². The minimum atomic E-state index is 0.143. The molecule has 1 aliphatic heterocycles. The van der Waals surface area contributed by atoms with Crippen LogP contribution in [0.2, 0.25) is 0 Å². The molecular formula is C32H40N6. The maximum Gasteiger partial charge on any atom is 0.117 e. The first-order valence-corrected chi connectivity index (χ1v) is 13.2. The third kappa shape index (κ3) is 5.91. The minimum absolute atomic E-state index is 0.143. The van der Waals surface area contributed by atoms with Gasteiger partial charge in [-0.2, -0.15) is 0 Å². The lowest BCUT2D eigenvalue weighted by Crippen LogP contribution is -2.17. The number of nitrogens with zero attached hydrogens (tertiary/aromatic N) is 3. The Morgan fingerprint density at radius 3 is 2.74 bits per heavy atom. The molecule has 3 N–H and O–H groups in total. The van der Waals surface area contributed by atoms with E-state index in [1.807, 2.05) is 13.1 Å². The van der Waals surface area contributed by atoms with Crippen LogP contribution in [0.5, 0.6) is 0 Å². The summed E-state index contributed by atoms with van der Waals surface area (Å²) in [7, 11) is 2.02. The van der Waals surface area contributed by atoms with Crippen molar-refractivity contribution in [3.8, 4) is 0 Å². The highest BCUT2D eigenvalue weighted by atomic mass is 15.1. The van der Waals surface area contributed by atoms with Crippen LogP contribution in [-0.4, -0.2) is 20.6 Å². The number of benzene rings is 1. The fraction of sp³-hybridized carbons (Fsp3) is 0.312. The Labute approximate surface area is 227 Å². The Kier molecular flexibility index (Phi) is 8.20. The molecule has 198 valence electrons. The lowest BCUT2D eigenvalue weighted by Gasteiger charge is -2.21. The van der Waals surface area contributed by atoms with Gasteiger partial charge in [0.2, 0.25) is 0 Å². The molecule has 0 saturated heterocycles. The summed E-state index contributed by atoms with van der Waals surface area (Å²) in [5, 5.41) is 10.5. The molecule has 6 heteroatoms. The zero-order valence-corrected chi connectivity index (χ0v) is 23.2. The summed E-state index contributed by atoms with van der Waals surface area (Å²) >= 11 is 0. The lowest BCUT2D eigenvalue weighted by molar-refractivity contribution is 0.767. The summed E-state index contributed by atoms with van der Waals surface area (Å²) in [6, 6.07) is 6.69. The van der Waals surface area contributed by atoms with Crippen molar-refractivity contribution < 1.29 is 0 Å². The first-order valence-electron chi connectivity index (χ1n) is 13.2. The molecule has 0 amide bonds. The van der Waals surface area contributed by atoms with Crippen LogP contribution in [0.25, 0.3) is 16.7 Å². The number of allylic oxidation sites excluding steroid dienone is 4. The third-order valence-corrected chi connectivity index (χ3v) is 7.39. The molecule has 0 bridgehead atoms. The smallest absolute Gasteiger partial charge is 0.117 e. The zero-order valence-electron chi connectivity index (χ0n) is 23.2. The fourth-order valence-electron chi connectivity index (χ4n) is 4.79. The number of aromatic nitrogens is 3. The van der Waals surface area contributed by atoms with E-state index in [0.717, 1.165) is 64.3 Å². The van der Waals surface area contributed by atoms with E-state index in [4.69, 9.17) is 0 Å². The number of anilines is 2. The second-order valence-electron chi connectivity index (χ2n) is 10.4. The van der Waals surface area contributed by atoms with Crippen molar-refractivity contribution in [3.05, 3.63) is 103 Å². The van der Waals surface area contributed by atoms with E-state index in [9.17, 15) is 0 Å². The van der Waals surface area contributed by atoms with Gasteiger partial charge in [-0.25, -0.2) is 9.97 Å². The van der Waals surface area contributed by atoms with Gasteiger partial charge in [0.1, 0.15) is 17.5 Å². The highest BCUT2D eigenvalue weighted by Crippen LogP contribution is 2.30. The average Bonchev–Trinajstić information content (AvgIpc) is 3.21. The summed E-state index contributed by atoms with van der Waals surface area (Å²) in [6.45, 7) is 23.4. The van der Waals surface area contributed by atoms with Crippen molar-refractivity contribution in [2.24, 2.45) is 13.0 Å². The largest absolute Gasteiger partial charge is 0.380 e. The zero-order chi connectivity index (χ0) is 27.4. The summed E-state index contributed by atoms with van der Waals surface area (Å²) in [5.41, 5.74) is 11.5. The second-order valence-corrected chi connectivity index (χ2v) is 10.4. The highest BCUT2D eigenvalue weighted by molar-refractivity contribution is 5.95. The van der Waals surface area contributed by atoms with E-state index in [-0.39, 0.29) is 6.04 Å². The SMILES string of the molecule is C=CC(C/C=C(\C)C(C)Nc1cn(C)c2c(C(=C)NCc3ccc4c(c3)NC(=C)CC4)ncnc12)C(=C)C. The molecule has 4 rings (SSSR count). The number of nitrogens with one attached hydrogen (secondary N) is 3. The van der Waals surface area contributed by atoms with Crippen molar-refractivity contribution >= 4 is 28.1 Å². The van der Waals surface area contributed by atoms with Crippen LogP contribution in [0, 0.1) is 5.92 Å². The predicted molar refractivity (Wildman–Crippen MR) is 162 cm³/mol. The van der Waals surface area contributed by atoms with Gasteiger partial charge in [-0.05, 0) is 57.2 Å². The fourth-order valence-corrected chi connectivity index (χ4v) is 4.79. The number of aryl methyl sites for hydroxylation is 2. The molecule has 2 atom stereocenters. The van der Waals surface area contributed by atoms with Crippen molar-refractivity contribution in [2.75, 3.05) is 10.6 Å². The van der Waals surface area contributed by atoms with Crippen LogP contribution >= 0.6 is 0 Å². The molecule has 0 saturated carbocycles. The molecule has 6 nitrogen and oxygen atoms in total. The van der Waals surface area contributed by atoms with Crippen LogP contribution in [0.3, 0.4) is 0 Å². The molecule has 3 heterocycles. The van der Waals surface area contributed by atoms with Gasteiger partial charge in [0.15, 0.2) is 0 Å². The number of hydrogen-bond acceptors (Lipinski definition) is 5. The van der Waals surface area contributed by atoms with Crippen LogP contribution in [0.4, 0.5) is 11.4 Å². The number of hydrogen-bond donors (Lipinski definition) is 3. The van der Waals surface area contributed by atoms with Crippen LogP contribution < -0.4 is 16.0 Å². The summed E-state index contributed by atoms with van der Waals surface area (Å²) < 4.78 is 2.06. The maximum atomic E-state index is 4.62. The molecular weight excluding hydrogens is 468 g/mol. The molecule has 1 aliphatic rings. The van der Waals surface area contributed by atoms with Gasteiger partial charge in [-0.15, -0.1) is 6.58 Å². The topological polar surface area (TPSA) is 66.8 Å². The van der Waals surface area contributed by atoms with E-state index in [2.05, 4.69) is 108 Å². The Balaban J connectivity index is 1.48. The van der Waals surface area contributed by atoms with Gasteiger partial charge in [0.25, 0.3) is 0 Å². The van der Waals surface area contributed by atoms with Crippen LogP contribution in [0.1, 0.15) is 50.4 Å². The Morgan fingerprint density at radius 1 is 1.21 bits per heavy atom. The molecule has 0 fully saturated rings. The van der Waals surface area contributed by atoms with E-state index in [1.54, 1.807) is 6.33 Å². The normalized spacial score (nSPS) is 14.8. The Morgan fingerprint density at radius 2 is 2.00 bits per heavy atom. The van der Waals surface area contributed by atoms with E-state index < -0.39 is 0 Å². The van der Waals surface area contributed by atoms with Gasteiger partial charge < -0.3 is 20.5 Å². The van der Waals surface area contributed by atoms with E-state index >= 15 is 0 Å². The molecule has 0 aliphatic carbocycles. The predicted octanol–water partition coefficient (Wildman–Crippen LogP) is 7.12. The van der Waals surface area contributed by atoms with Crippen molar-refractivity contribution in [2.45, 2.75) is 52.6 Å². The highest BCUT2D eigenvalue weighted by Gasteiger charge is 2.17. The minimum Gasteiger partial charge on any atom is -0.380 e. The van der Waals surface area contributed by atoms with E-state index in [1.165, 1.54) is 16.7 Å². The van der Waals surface area contributed by atoms with E-state index in [0.29, 0.717) is 12.5 Å². The molecule has 1 aromatic carbocycles. The molecule has 0 spiro atoms. The van der Waals surface area contributed by atoms with Crippen molar-refractivity contribution in [3.63, 3.8) is 0 Å². The van der Waals surface area contributed by atoms with Crippen LogP contribution in [-0.2, 0) is 20.0 Å². The van der Waals surface area contributed by atoms with Gasteiger partial charge in [0.05, 0.1) is 16.9 Å². The molecule has 38 heavy (non-hydrogen) atoms. The Hall–Kier alpha value is -4.06. The van der Waals surface area contributed by atoms with Gasteiger partial charge >= 0.3 is 0 Å². The van der Waals surface area contributed by atoms with Crippen LogP contribution in [0.15, 0.2) is 86.0 Å². The van der Waals surface area contributed by atoms with Gasteiger partial charge in [-0.1, -0.05) is 55.2 Å². The quantitative estimate of drug-likeness (QED) is 0.241. The third-order valence-electron chi connectivity index (χ3n) is 7.39. The number of fused-ring (bicyclic) bond motifs is 2. The molecule has 2 aromatic heterocycles. The monoisotopic (exact) mass is 508 g/mol. The average molecular weight is 509 g/mol. The van der Waals surface area contributed by atoms with Gasteiger partial charge in [-0.3, -0.25) is 0 Å².